The molecule has 6 heteroatoms. The Hall–Kier alpha value is -0.820. The molecule has 0 aliphatic carbocycles. The molecule has 1 aliphatic heterocycles. The van der Waals surface area contributed by atoms with E-state index < -0.39 is 12.2 Å². The van der Waals surface area contributed by atoms with Gasteiger partial charge in [-0.2, -0.15) is 0 Å². The van der Waals surface area contributed by atoms with Crippen molar-refractivity contribution in [3.05, 3.63) is 22.2 Å². The second-order valence-electron chi connectivity index (χ2n) is 3.47. The zero-order valence-corrected chi connectivity index (χ0v) is 9.98. The van der Waals surface area contributed by atoms with Gasteiger partial charge >= 0.3 is 0 Å². The quantitative estimate of drug-likeness (QED) is 0.756. The van der Waals surface area contributed by atoms with Crippen molar-refractivity contribution >= 4 is 15.9 Å². The fourth-order valence-electron chi connectivity index (χ4n) is 1.50. The summed E-state index contributed by atoms with van der Waals surface area (Å²) < 4.78 is 11.0. The van der Waals surface area contributed by atoms with Crippen LogP contribution >= 0.6 is 15.9 Å². The number of aliphatic hydroxyl groups excluding tert-OH is 2. The van der Waals surface area contributed by atoms with Crippen molar-refractivity contribution in [2.45, 2.75) is 12.2 Å². The number of nitrogens with two attached hydrogens (primary N) is 1. The molecule has 1 aromatic carbocycles. The van der Waals surface area contributed by atoms with Crippen LogP contribution in [0.4, 0.5) is 0 Å². The number of ether oxygens (including phenoxy) is 2. The first-order chi connectivity index (χ1) is 7.63. The highest BCUT2D eigenvalue weighted by molar-refractivity contribution is 9.10. The molecular weight excluding hydrogens is 278 g/mol. The van der Waals surface area contributed by atoms with Gasteiger partial charge in [-0.1, -0.05) is 15.9 Å². The van der Waals surface area contributed by atoms with E-state index in [1.807, 2.05) is 0 Å². The first-order valence-electron chi connectivity index (χ1n) is 4.78. The number of halogens is 1. The van der Waals surface area contributed by atoms with Crippen LogP contribution in [0.5, 0.6) is 11.5 Å². The zero-order valence-electron chi connectivity index (χ0n) is 8.39. The Morgan fingerprint density at radius 3 is 2.56 bits per heavy atom. The van der Waals surface area contributed by atoms with E-state index in [2.05, 4.69) is 15.9 Å². The lowest BCUT2D eigenvalue weighted by Gasteiger charge is -2.18. The molecule has 2 atom stereocenters. The third kappa shape index (κ3) is 2.01. The van der Waals surface area contributed by atoms with Gasteiger partial charge in [-0.15, -0.1) is 0 Å². The maximum absolute atomic E-state index is 9.84. The lowest BCUT2D eigenvalue weighted by atomic mass is 10.0. The first kappa shape index (κ1) is 11.7. The summed E-state index contributed by atoms with van der Waals surface area (Å²) in [5.74, 6) is 1.17. The van der Waals surface area contributed by atoms with Gasteiger partial charge in [0.15, 0.2) is 11.5 Å². The van der Waals surface area contributed by atoms with E-state index in [-0.39, 0.29) is 13.3 Å². The molecule has 0 fully saturated rings. The Kier molecular flexibility index (Phi) is 3.34. The molecule has 0 amide bonds. The minimum atomic E-state index is -1.05. The van der Waals surface area contributed by atoms with Gasteiger partial charge in [0.2, 0.25) is 6.79 Å². The van der Waals surface area contributed by atoms with E-state index in [1.165, 1.54) is 0 Å². The maximum Gasteiger partial charge on any atom is 0.231 e. The van der Waals surface area contributed by atoms with Gasteiger partial charge < -0.3 is 25.4 Å². The summed E-state index contributed by atoms with van der Waals surface area (Å²) in [5, 5.41) is 19.3. The third-order valence-corrected chi connectivity index (χ3v) is 3.10. The van der Waals surface area contributed by atoms with E-state index in [0.717, 1.165) is 0 Å². The molecule has 16 heavy (non-hydrogen) atoms. The standard InChI is InChI=1S/C10H12BrNO4/c11-6-2-9-8(15-4-16-9)1-5(6)10(14)7(13)3-12/h1-2,7,10,13-14H,3-4,12H2. The van der Waals surface area contributed by atoms with Gasteiger partial charge in [-0.25, -0.2) is 0 Å². The minimum absolute atomic E-state index is 0.0119. The molecule has 0 bridgehead atoms. The summed E-state index contributed by atoms with van der Waals surface area (Å²) in [5.41, 5.74) is 5.82. The lowest BCUT2D eigenvalue weighted by Crippen LogP contribution is -2.27. The highest BCUT2D eigenvalue weighted by Gasteiger charge is 2.23. The van der Waals surface area contributed by atoms with Crippen LogP contribution in [-0.4, -0.2) is 29.7 Å². The Labute approximate surface area is 101 Å². The summed E-state index contributed by atoms with van der Waals surface area (Å²) in [6.45, 7) is 0.156. The largest absolute Gasteiger partial charge is 0.454 e. The van der Waals surface area contributed by atoms with Crippen molar-refractivity contribution in [2.24, 2.45) is 5.73 Å². The van der Waals surface area contributed by atoms with Crippen LogP contribution in [0.2, 0.25) is 0 Å². The first-order valence-corrected chi connectivity index (χ1v) is 5.58. The molecule has 4 N–H and O–H groups in total. The topological polar surface area (TPSA) is 84.9 Å². The highest BCUT2D eigenvalue weighted by Crippen LogP contribution is 2.39. The third-order valence-electron chi connectivity index (χ3n) is 2.42. The SMILES string of the molecule is NCC(O)C(O)c1cc2c(cc1Br)OCO2. The molecule has 88 valence electrons. The van der Waals surface area contributed by atoms with Crippen molar-refractivity contribution in [3.8, 4) is 11.5 Å². The smallest absolute Gasteiger partial charge is 0.231 e. The Balaban J connectivity index is 2.34. The molecular formula is C10H12BrNO4. The second-order valence-corrected chi connectivity index (χ2v) is 4.33. The van der Waals surface area contributed by atoms with Crippen molar-refractivity contribution in [1.82, 2.24) is 0 Å². The van der Waals surface area contributed by atoms with Gasteiger partial charge in [0.05, 0.1) is 6.10 Å². The average molecular weight is 290 g/mol. The van der Waals surface area contributed by atoms with Crippen LogP contribution in [-0.2, 0) is 0 Å². The van der Waals surface area contributed by atoms with E-state index in [1.54, 1.807) is 12.1 Å². The predicted molar refractivity (Wildman–Crippen MR) is 60.3 cm³/mol. The molecule has 2 rings (SSSR count). The van der Waals surface area contributed by atoms with Gasteiger partial charge in [0.25, 0.3) is 0 Å². The fraction of sp³-hybridized carbons (Fsp3) is 0.400. The van der Waals surface area contributed by atoms with Crippen molar-refractivity contribution in [1.29, 1.82) is 0 Å². The number of rotatable bonds is 3. The summed E-state index contributed by atoms with van der Waals surface area (Å²) in [7, 11) is 0. The molecule has 0 radical (unpaired) electrons. The molecule has 1 aromatic rings. The monoisotopic (exact) mass is 289 g/mol. The normalized spacial score (nSPS) is 17.2. The van der Waals surface area contributed by atoms with Crippen LogP contribution in [0.3, 0.4) is 0 Å². The van der Waals surface area contributed by atoms with E-state index in [9.17, 15) is 10.2 Å². The van der Waals surface area contributed by atoms with E-state index in [4.69, 9.17) is 15.2 Å². The van der Waals surface area contributed by atoms with Crippen LogP contribution in [0.15, 0.2) is 16.6 Å². The number of aliphatic hydroxyl groups is 2. The summed E-state index contributed by atoms with van der Waals surface area (Å²) >= 11 is 3.30. The van der Waals surface area contributed by atoms with E-state index in [0.29, 0.717) is 21.5 Å². The van der Waals surface area contributed by atoms with Gasteiger partial charge in [0.1, 0.15) is 6.10 Å². The molecule has 0 saturated heterocycles. The van der Waals surface area contributed by atoms with Gasteiger partial charge in [-0.05, 0) is 12.1 Å². The molecule has 1 heterocycles. The number of fused-ring (bicyclic) bond motifs is 1. The van der Waals surface area contributed by atoms with Crippen LogP contribution in [0.1, 0.15) is 11.7 Å². The second kappa shape index (κ2) is 4.58. The highest BCUT2D eigenvalue weighted by atomic mass is 79.9. The summed E-state index contributed by atoms with van der Waals surface area (Å²) in [6, 6.07) is 3.33. The number of benzene rings is 1. The predicted octanol–water partition coefficient (Wildman–Crippen LogP) is 0.531. The lowest BCUT2D eigenvalue weighted by molar-refractivity contribution is 0.0238. The molecule has 0 aromatic heterocycles. The van der Waals surface area contributed by atoms with E-state index >= 15 is 0 Å². The summed E-state index contributed by atoms with van der Waals surface area (Å²) in [4.78, 5) is 0. The Morgan fingerprint density at radius 2 is 1.94 bits per heavy atom. The average Bonchev–Trinajstić information content (AvgIpc) is 2.72. The number of hydrogen-bond donors (Lipinski definition) is 3. The fourth-order valence-corrected chi connectivity index (χ4v) is 2.05. The van der Waals surface area contributed by atoms with Crippen LogP contribution < -0.4 is 15.2 Å². The van der Waals surface area contributed by atoms with Crippen molar-refractivity contribution < 1.29 is 19.7 Å². The van der Waals surface area contributed by atoms with Gasteiger partial charge in [-0.3, -0.25) is 0 Å². The van der Waals surface area contributed by atoms with Crippen molar-refractivity contribution in [2.75, 3.05) is 13.3 Å². The molecule has 2 unspecified atom stereocenters. The molecule has 5 nitrogen and oxygen atoms in total. The minimum Gasteiger partial charge on any atom is -0.454 e. The zero-order chi connectivity index (χ0) is 11.7. The van der Waals surface area contributed by atoms with Crippen molar-refractivity contribution in [3.63, 3.8) is 0 Å². The van der Waals surface area contributed by atoms with Gasteiger partial charge in [0, 0.05) is 16.6 Å². The molecule has 1 aliphatic rings. The van der Waals surface area contributed by atoms with Crippen LogP contribution in [0, 0.1) is 0 Å². The molecule has 0 spiro atoms. The summed E-state index contributed by atoms with van der Waals surface area (Å²) in [6.07, 6.45) is -2.05. The maximum atomic E-state index is 9.84. The Bertz CT molecular complexity index is 399. The molecule has 0 saturated carbocycles. The number of hydrogen-bond acceptors (Lipinski definition) is 5. The Morgan fingerprint density at radius 1 is 1.31 bits per heavy atom. The van der Waals surface area contributed by atoms with Crippen LogP contribution in [0.25, 0.3) is 0 Å².